The second kappa shape index (κ2) is 9.23. The van der Waals surface area contributed by atoms with Gasteiger partial charge in [-0.3, -0.25) is 0 Å². The molecule has 126 valence electrons. The van der Waals surface area contributed by atoms with E-state index in [-0.39, 0.29) is 12.1 Å². The molecule has 0 saturated carbocycles. The summed E-state index contributed by atoms with van der Waals surface area (Å²) in [4.78, 5) is 14.1. The lowest BCUT2D eigenvalue weighted by molar-refractivity contribution is -0.00965. The highest BCUT2D eigenvalue weighted by Gasteiger charge is 2.30. The van der Waals surface area contributed by atoms with Crippen molar-refractivity contribution >= 4 is 6.03 Å². The molecule has 0 bridgehead atoms. The summed E-state index contributed by atoms with van der Waals surface area (Å²) in [6.07, 6.45) is 8.86. The molecule has 0 aliphatic carbocycles. The minimum absolute atomic E-state index is 0.120. The van der Waals surface area contributed by atoms with Crippen LogP contribution in [0.2, 0.25) is 0 Å². The lowest BCUT2D eigenvalue weighted by Crippen LogP contribution is -2.53. The zero-order chi connectivity index (χ0) is 16.5. The third-order valence-corrected chi connectivity index (χ3v) is 3.88. The number of furan rings is 1. The SMILES string of the molecule is C#CCCCCNC(=O)N1CCOCC1CC(O)c1ccco1. The number of hydrogen-bond acceptors (Lipinski definition) is 4. The molecule has 23 heavy (non-hydrogen) atoms. The van der Waals surface area contributed by atoms with Gasteiger partial charge in [-0.1, -0.05) is 0 Å². The standard InChI is InChI=1S/C17H24N2O4/c1-2-3-4-5-8-18-17(21)19-9-11-22-13-14(19)12-15(20)16-7-6-10-23-16/h1,6-7,10,14-15,20H,3-5,8-9,11-13H2,(H,18,21). The largest absolute Gasteiger partial charge is 0.467 e. The second-order valence-corrected chi connectivity index (χ2v) is 5.58. The van der Waals surface area contributed by atoms with Crippen LogP contribution in [0.15, 0.2) is 22.8 Å². The second-order valence-electron chi connectivity index (χ2n) is 5.58. The van der Waals surface area contributed by atoms with Crippen molar-refractivity contribution in [3.8, 4) is 12.3 Å². The minimum atomic E-state index is -0.748. The number of unbranched alkanes of at least 4 members (excludes halogenated alkanes) is 2. The van der Waals surface area contributed by atoms with Gasteiger partial charge in [-0.05, 0) is 25.0 Å². The number of aliphatic hydroxyl groups is 1. The Bertz CT molecular complexity index is 509. The lowest BCUT2D eigenvalue weighted by Gasteiger charge is -2.36. The number of rotatable bonds is 7. The van der Waals surface area contributed by atoms with Crippen LogP contribution in [-0.2, 0) is 4.74 Å². The fraction of sp³-hybridized carbons (Fsp3) is 0.588. The van der Waals surface area contributed by atoms with Crippen molar-refractivity contribution in [1.29, 1.82) is 0 Å². The summed E-state index contributed by atoms with van der Waals surface area (Å²) in [5, 5.41) is 13.1. The van der Waals surface area contributed by atoms with Crippen molar-refractivity contribution in [1.82, 2.24) is 10.2 Å². The van der Waals surface area contributed by atoms with Gasteiger partial charge in [-0.2, -0.15) is 0 Å². The van der Waals surface area contributed by atoms with Crippen LogP contribution in [0.4, 0.5) is 4.79 Å². The summed E-state index contributed by atoms with van der Waals surface area (Å²) in [7, 11) is 0. The topological polar surface area (TPSA) is 74.9 Å². The average Bonchev–Trinajstić information content (AvgIpc) is 3.09. The van der Waals surface area contributed by atoms with E-state index in [9.17, 15) is 9.90 Å². The fourth-order valence-corrected chi connectivity index (χ4v) is 2.62. The normalized spacial score (nSPS) is 19.1. The molecule has 1 aliphatic heterocycles. The number of hydrogen-bond donors (Lipinski definition) is 2. The summed E-state index contributed by atoms with van der Waals surface area (Å²) in [5.74, 6) is 3.09. The van der Waals surface area contributed by atoms with Crippen molar-refractivity contribution in [2.24, 2.45) is 0 Å². The van der Waals surface area contributed by atoms with Crippen molar-refractivity contribution in [3.05, 3.63) is 24.2 Å². The average molecular weight is 320 g/mol. The number of carbonyl (C=O) groups excluding carboxylic acids is 1. The molecule has 6 heteroatoms. The van der Waals surface area contributed by atoms with E-state index in [0.29, 0.717) is 38.5 Å². The first-order chi connectivity index (χ1) is 11.2. The predicted octanol–water partition coefficient (Wildman–Crippen LogP) is 1.92. The summed E-state index contributed by atoms with van der Waals surface area (Å²) in [6.45, 7) is 2.05. The molecule has 0 aromatic carbocycles. The Balaban J connectivity index is 1.82. The van der Waals surface area contributed by atoms with Gasteiger partial charge < -0.3 is 24.5 Å². The Kier molecular flexibility index (Phi) is 6.98. The Morgan fingerprint density at radius 3 is 3.17 bits per heavy atom. The summed E-state index contributed by atoms with van der Waals surface area (Å²) in [6, 6.07) is 3.17. The highest BCUT2D eigenvalue weighted by Crippen LogP contribution is 2.23. The van der Waals surface area contributed by atoms with E-state index in [4.69, 9.17) is 15.6 Å². The molecule has 2 atom stereocenters. The molecule has 1 fully saturated rings. The Morgan fingerprint density at radius 1 is 1.57 bits per heavy atom. The third-order valence-electron chi connectivity index (χ3n) is 3.88. The van der Waals surface area contributed by atoms with Crippen LogP contribution in [0.25, 0.3) is 0 Å². The quantitative estimate of drug-likeness (QED) is 0.594. The third kappa shape index (κ3) is 5.31. The van der Waals surface area contributed by atoms with Crippen LogP contribution in [0.1, 0.15) is 37.5 Å². The number of nitrogens with one attached hydrogen (secondary N) is 1. The molecule has 2 heterocycles. The molecule has 1 aromatic heterocycles. The van der Waals surface area contributed by atoms with Crippen LogP contribution >= 0.6 is 0 Å². The van der Waals surface area contributed by atoms with E-state index < -0.39 is 6.10 Å². The van der Waals surface area contributed by atoms with Crippen LogP contribution in [-0.4, -0.2) is 48.4 Å². The van der Waals surface area contributed by atoms with Gasteiger partial charge in [-0.15, -0.1) is 12.3 Å². The monoisotopic (exact) mass is 320 g/mol. The van der Waals surface area contributed by atoms with Crippen molar-refractivity contribution in [2.45, 2.75) is 37.8 Å². The van der Waals surface area contributed by atoms with E-state index in [1.54, 1.807) is 17.0 Å². The maximum atomic E-state index is 12.3. The molecule has 1 saturated heterocycles. The van der Waals surface area contributed by atoms with Crippen LogP contribution in [0, 0.1) is 12.3 Å². The Labute approximate surface area is 136 Å². The van der Waals surface area contributed by atoms with E-state index in [1.807, 2.05) is 0 Å². The highest BCUT2D eigenvalue weighted by molar-refractivity contribution is 5.74. The molecule has 0 radical (unpaired) electrons. The predicted molar refractivity (Wildman–Crippen MR) is 85.7 cm³/mol. The number of terminal acetylenes is 1. The molecule has 2 N–H and O–H groups in total. The zero-order valence-electron chi connectivity index (χ0n) is 13.2. The van der Waals surface area contributed by atoms with E-state index in [0.717, 1.165) is 19.3 Å². The molecule has 2 unspecified atom stereocenters. The first-order valence-electron chi connectivity index (χ1n) is 7.99. The molecule has 6 nitrogen and oxygen atoms in total. The molecular weight excluding hydrogens is 296 g/mol. The Hall–Kier alpha value is -1.97. The maximum absolute atomic E-state index is 12.3. The van der Waals surface area contributed by atoms with Gasteiger partial charge in [0, 0.05) is 25.9 Å². The number of amides is 2. The van der Waals surface area contributed by atoms with E-state index in [1.165, 1.54) is 6.26 Å². The molecule has 1 aromatic rings. The Morgan fingerprint density at radius 2 is 2.43 bits per heavy atom. The molecule has 0 spiro atoms. The van der Waals surface area contributed by atoms with Gasteiger partial charge in [0.1, 0.15) is 11.9 Å². The number of morpholine rings is 1. The smallest absolute Gasteiger partial charge is 0.317 e. The zero-order valence-corrected chi connectivity index (χ0v) is 13.2. The molecule has 2 rings (SSSR count). The number of ether oxygens (including phenoxy) is 1. The lowest BCUT2D eigenvalue weighted by atomic mass is 10.1. The molecule has 1 aliphatic rings. The van der Waals surface area contributed by atoms with Crippen LogP contribution in [0.5, 0.6) is 0 Å². The number of nitrogens with zero attached hydrogens (tertiary/aromatic N) is 1. The van der Waals surface area contributed by atoms with E-state index >= 15 is 0 Å². The van der Waals surface area contributed by atoms with Gasteiger partial charge in [-0.25, -0.2) is 4.79 Å². The first kappa shape index (κ1) is 17.4. The van der Waals surface area contributed by atoms with Gasteiger partial charge in [0.2, 0.25) is 0 Å². The molecular formula is C17H24N2O4. The van der Waals surface area contributed by atoms with Gasteiger partial charge in [0.25, 0.3) is 0 Å². The van der Waals surface area contributed by atoms with Gasteiger partial charge >= 0.3 is 6.03 Å². The van der Waals surface area contributed by atoms with Crippen molar-refractivity contribution in [2.75, 3.05) is 26.3 Å². The first-order valence-corrected chi connectivity index (χ1v) is 7.99. The van der Waals surface area contributed by atoms with Gasteiger partial charge in [0.15, 0.2) is 0 Å². The maximum Gasteiger partial charge on any atom is 0.317 e. The van der Waals surface area contributed by atoms with Crippen molar-refractivity contribution in [3.63, 3.8) is 0 Å². The van der Waals surface area contributed by atoms with Crippen LogP contribution < -0.4 is 5.32 Å². The fourth-order valence-electron chi connectivity index (χ4n) is 2.62. The number of carbonyl (C=O) groups is 1. The highest BCUT2D eigenvalue weighted by atomic mass is 16.5. The summed E-state index contributed by atoms with van der Waals surface area (Å²) >= 11 is 0. The van der Waals surface area contributed by atoms with Crippen molar-refractivity contribution < 1.29 is 19.1 Å². The number of aliphatic hydroxyl groups excluding tert-OH is 1. The minimum Gasteiger partial charge on any atom is -0.467 e. The summed E-state index contributed by atoms with van der Waals surface area (Å²) in [5.41, 5.74) is 0. The molecule has 2 amide bonds. The number of urea groups is 1. The van der Waals surface area contributed by atoms with Gasteiger partial charge in [0.05, 0.1) is 25.5 Å². The summed E-state index contributed by atoms with van der Waals surface area (Å²) < 4.78 is 10.7. The van der Waals surface area contributed by atoms with Crippen LogP contribution in [0.3, 0.4) is 0 Å². The van der Waals surface area contributed by atoms with E-state index in [2.05, 4.69) is 11.2 Å².